The molecule has 1 aliphatic heterocycles. The minimum absolute atomic E-state index is 0.132. The van der Waals surface area contributed by atoms with Gasteiger partial charge in [0.1, 0.15) is 5.69 Å². The van der Waals surface area contributed by atoms with Crippen LogP contribution in [0, 0.1) is 0 Å². The molecule has 29 heavy (non-hydrogen) atoms. The van der Waals surface area contributed by atoms with Crippen LogP contribution in [0.2, 0.25) is 0 Å². The Morgan fingerprint density at radius 2 is 1.86 bits per heavy atom. The zero-order valence-electron chi connectivity index (χ0n) is 16.8. The fourth-order valence-corrected chi connectivity index (χ4v) is 4.59. The Balaban J connectivity index is 1.76. The van der Waals surface area contributed by atoms with Gasteiger partial charge in [-0.2, -0.15) is 0 Å². The second-order valence-corrected chi connectivity index (χ2v) is 7.94. The summed E-state index contributed by atoms with van der Waals surface area (Å²) in [6, 6.07) is 18.9. The molecule has 0 atom stereocenters. The van der Waals surface area contributed by atoms with E-state index in [0.29, 0.717) is 0 Å². The summed E-state index contributed by atoms with van der Waals surface area (Å²) < 4.78 is 2.25. The fourth-order valence-electron chi connectivity index (χ4n) is 4.59. The van der Waals surface area contributed by atoms with Crippen molar-refractivity contribution in [3.8, 4) is 0 Å². The lowest BCUT2D eigenvalue weighted by molar-refractivity contribution is 0.0777. The Morgan fingerprint density at radius 3 is 2.72 bits per heavy atom. The molecule has 0 fully saturated rings. The molecule has 4 heteroatoms. The Morgan fingerprint density at radius 1 is 1.00 bits per heavy atom. The number of hydrogen-bond donors (Lipinski definition) is 0. The third-order valence-corrected chi connectivity index (χ3v) is 6.09. The second-order valence-electron chi connectivity index (χ2n) is 7.94. The van der Waals surface area contributed by atoms with Crippen molar-refractivity contribution in [2.24, 2.45) is 0 Å². The molecule has 1 aliphatic rings. The molecule has 3 heterocycles. The SMILES string of the molecule is CN1CCCCc2c(n(CCc3ccccc3)c3c2ccc2cccnc23)C1=O. The highest BCUT2D eigenvalue weighted by atomic mass is 16.2. The van der Waals surface area contributed by atoms with Crippen LogP contribution in [0.5, 0.6) is 0 Å². The number of carbonyl (C=O) groups is 1. The van der Waals surface area contributed by atoms with E-state index in [2.05, 4.69) is 47.0 Å². The minimum Gasteiger partial charge on any atom is -0.340 e. The summed E-state index contributed by atoms with van der Waals surface area (Å²) in [6.07, 6.45) is 5.83. The number of hydrogen-bond acceptors (Lipinski definition) is 2. The summed E-state index contributed by atoms with van der Waals surface area (Å²) in [7, 11) is 1.92. The van der Waals surface area contributed by atoms with Gasteiger partial charge in [-0.1, -0.05) is 48.5 Å². The second kappa shape index (κ2) is 7.36. The Labute approximate surface area is 170 Å². The molecule has 2 aromatic heterocycles. The van der Waals surface area contributed by atoms with Crippen molar-refractivity contribution in [3.63, 3.8) is 0 Å². The third-order valence-electron chi connectivity index (χ3n) is 6.09. The first kappa shape index (κ1) is 17.9. The lowest BCUT2D eigenvalue weighted by Crippen LogP contribution is -2.32. The van der Waals surface area contributed by atoms with Crippen LogP contribution in [0.3, 0.4) is 0 Å². The smallest absolute Gasteiger partial charge is 0.270 e. The molecule has 0 N–H and O–H groups in total. The average molecular weight is 383 g/mol. The normalized spacial score (nSPS) is 14.8. The average Bonchev–Trinajstić information content (AvgIpc) is 3.07. The van der Waals surface area contributed by atoms with Crippen LogP contribution in [0.4, 0.5) is 0 Å². The molecule has 5 rings (SSSR count). The highest BCUT2D eigenvalue weighted by Gasteiger charge is 2.27. The zero-order valence-corrected chi connectivity index (χ0v) is 16.8. The predicted molar refractivity (Wildman–Crippen MR) is 117 cm³/mol. The Hall–Kier alpha value is -3.14. The standard InChI is InChI=1S/C25H25N3O/c1-27-16-6-5-11-20-21-13-12-19-10-7-15-26-22(19)23(21)28(24(20)25(27)29)17-14-18-8-3-2-4-9-18/h2-4,7-10,12-13,15H,5-6,11,14,16-17H2,1H3. The van der Waals surface area contributed by atoms with Gasteiger partial charge in [-0.3, -0.25) is 9.78 Å². The Kier molecular flexibility index (Phi) is 4.55. The van der Waals surface area contributed by atoms with Gasteiger partial charge >= 0.3 is 0 Å². The summed E-state index contributed by atoms with van der Waals surface area (Å²) in [5.41, 5.74) is 5.42. The van der Waals surface area contributed by atoms with E-state index in [9.17, 15) is 4.79 Å². The zero-order chi connectivity index (χ0) is 19.8. The molecule has 2 aromatic carbocycles. The highest BCUT2D eigenvalue weighted by Crippen LogP contribution is 2.34. The van der Waals surface area contributed by atoms with Crippen molar-refractivity contribution in [1.29, 1.82) is 0 Å². The van der Waals surface area contributed by atoms with Gasteiger partial charge in [-0.25, -0.2) is 0 Å². The maximum atomic E-state index is 13.4. The van der Waals surface area contributed by atoms with Gasteiger partial charge in [-0.05, 0) is 42.9 Å². The van der Waals surface area contributed by atoms with E-state index in [1.165, 1.54) is 16.5 Å². The molecule has 0 spiro atoms. The lowest BCUT2D eigenvalue weighted by atomic mass is 10.0. The summed E-state index contributed by atoms with van der Waals surface area (Å²) in [6.45, 7) is 1.59. The van der Waals surface area contributed by atoms with Gasteiger partial charge in [0.05, 0.1) is 11.0 Å². The van der Waals surface area contributed by atoms with Crippen LogP contribution in [0.1, 0.15) is 34.5 Å². The summed E-state index contributed by atoms with van der Waals surface area (Å²) in [4.78, 5) is 20.0. The first-order valence-electron chi connectivity index (χ1n) is 10.4. The summed E-state index contributed by atoms with van der Waals surface area (Å²) in [5.74, 6) is 0.132. The fraction of sp³-hybridized carbons (Fsp3) is 0.280. The number of aryl methyl sites for hydroxylation is 3. The summed E-state index contributed by atoms with van der Waals surface area (Å²) in [5, 5.41) is 2.30. The van der Waals surface area contributed by atoms with Gasteiger partial charge in [0.25, 0.3) is 5.91 Å². The molecular formula is C25H25N3O. The molecule has 0 bridgehead atoms. The number of amides is 1. The van der Waals surface area contributed by atoms with Crippen LogP contribution in [-0.2, 0) is 19.4 Å². The highest BCUT2D eigenvalue weighted by molar-refractivity contribution is 6.10. The van der Waals surface area contributed by atoms with Gasteiger partial charge in [0.2, 0.25) is 0 Å². The molecule has 146 valence electrons. The molecule has 4 nitrogen and oxygen atoms in total. The van der Waals surface area contributed by atoms with E-state index in [0.717, 1.165) is 60.9 Å². The van der Waals surface area contributed by atoms with E-state index in [-0.39, 0.29) is 5.91 Å². The maximum absolute atomic E-state index is 13.4. The van der Waals surface area contributed by atoms with Crippen LogP contribution < -0.4 is 0 Å². The number of pyridine rings is 1. The van der Waals surface area contributed by atoms with Crippen molar-refractivity contribution < 1.29 is 4.79 Å². The molecule has 1 amide bonds. The van der Waals surface area contributed by atoms with Crippen LogP contribution in [0.25, 0.3) is 21.8 Å². The monoisotopic (exact) mass is 383 g/mol. The van der Waals surface area contributed by atoms with Crippen LogP contribution in [0.15, 0.2) is 60.8 Å². The molecular weight excluding hydrogens is 358 g/mol. The van der Waals surface area contributed by atoms with E-state index >= 15 is 0 Å². The number of aromatic nitrogens is 2. The van der Waals surface area contributed by atoms with Crippen molar-refractivity contribution in [3.05, 3.63) is 77.6 Å². The van der Waals surface area contributed by atoms with Crippen LogP contribution >= 0.6 is 0 Å². The van der Waals surface area contributed by atoms with E-state index in [4.69, 9.17) is 4.98 Å². The molecule has 0 saturated carbocycles. The molecule has 0 radical (unpaired) electrons. The first-order chi connectivity index (χ1) is 14.2. The number of carbonyl (C=O) groups excluding carboxylic acids is 1. The first-order valence-corrected chi connectivity index (χ1v) is 10.4. The molecule has 0 unspecified atom stereocenters. The van der Waals surface area contributed by atoms with Gasteiger partial charge in [0.15, 0.2) is 0 Å². The quantitative estimate of drug-likeness (QED) is 0.508. The lowest BCUT2D eigenvalue weighted by Gasteiger charge is -2.22. The largest absolute Gasteiger partial charge is 0.340 e. The van der Waals surface area contributed by atoms with Gasteiger partial charge < -0.3 is 9.47 Å². The molecule has 0 saturated heterocycles. The topological polar surface area (TPSA) is 38.1 Å². The van der Waals surface area contributed by atoms with Gasteiger partial charge in [0, 0.05) is 37.1 Å². The van der Waals surface area contributed by atoms with E-state index < -0.39 is 0 Å². The number of benzene rings is 2. The maximum Gasteiger partial charge on any atom is 0.270 e. The third kappa shape index (κ3) is 3.09. The van der Waals surface area contributed by atoms with E-state index in [1.54, 1.807) is 0 Å². The van der Waals surface area contributed by atoms with Crippen molar-refractivity contribution in [2.45, 2.75) is 32.2 Å². The van der Waals surface area contributed by atoms with Crippen molar-refractivity contribution >= 4 is 27.7 Å². The summed E-state index contributed by atoms with van der Waals surface area (Å²) >= 11 is 0. The number of nitrogens with zero attached hydrogens (tertiary/aromatic N) is 3. The van der Waals surface area contributed by atoms with Crippen molar-refractivity contribution in [2.75, 3.05) is 13.6 Å². The van der Waals surface area contributed by atoms with Crippen LogP contribution in [-0.4, -0.2) is 34.0 Å². The molecule has 0 aliphatic carbocycles. The molecule has 4 aromatic rings. The van der Waals surface area contributed by atoms with Crippen molar-refractivity contribution in [1.82, 2.24) is 14.5 Å². The Bertz CT molecular complexity index is 1190. The minimum atomic E-state index is 0.132. The number of rotatable bonds is 3. The van der Waals surface area contributed by atoms with Gasteiger partial charge in [-0.15, -0.1) is 0 Å². The predicted octanol–water partition coefficient (Wildman–Crippen LogP) is 4.84. The number of fused-ring (bicyclic) bond motifs is 5. The van der Waals surface area contributed by atoms with E-state index in [1.807, 2.05) is 30.3 Å².